The summed E-state index contributed by atoms with van der Waals surface area (Å²) in [6.07, 6.45) is 0.495. The van der Waals surface area contributed by atoms with E-state index in [-0.39, 0.29) is 28.5 Å². The summed E-state index contributed by atoms with van der Waals surface area (Å²) in [6.45, 7) is 4.52. The van der Waals surface area contributed by atoms with Crippen LogP contribution in [0.5, 0.6) is 0 Å². The number of nitro groups is 1. The first-order valence-corrected chi connectivity index (χ1v) is 11.3. The highest BCUT2D eigenvalue weighted by atomic mass is 35.5. The first-order chi connectivity index (χ1) is 15.5. The Morgan fingerprint density at radius 1 is 1.09 bits per heavy atom. The number of rotatable bonds is 3. The second kappa shape index (κ2) is 8.60. The van der Waals surface area contributed by atoms with Gasteiger partial charge >= 0.3 is 0 Å². The number of nitrogens with zero attached hydrogens (tertiary/aromatic N) is 4. The molecule has 0 bridgehead atoms. The van der Waals surface area contributed by atoms with Gasteiger partial charge in [0.1, 0.15) is 0 Å². The van der Waals surface area contributed by atoms with Gasteiger partial charge in [0, 0.05) is 61.3 Å². The summed E-state index contributed by atoms with van der Waals surface area (Å²) in [5.74, 6) is -0.170. The molecule has 1 amide bonds. The molecule has 0 unspecified atom stereocenters. The summed E-state index contributed by atoms with van der Waals surface area (Å²) in [6, 6.07) is 12.7. The molecule has 9 heteroatoms. The molecule has 3 aliphatic rings. The van der Waals surface area contributed by atoms with Gasteiger partial charge in [0.15, 0.2) is 0 Å². The van der Waals surface area contributed by atoms with Gasteiger partial charge in [-0.2, -0.15) is 0 Å². The minimum Gasteiger partial charge on any atom is -0.377 e. The van der Waals surface area contributed by atoms with Crippen molar-refractivity contribution in [1.82, 2.24) is 4.90 Å². The zero-order valence-electron chi connectivity index (χ0n) is 17.7. The van der Waals surface area contributed by atoms with Crippen LogP contribution in [0.1, 0.15) is 5.56 Å². The third-order valence-corrected chi connectivity index (χ3v) is 6.97. The van der Waals surface area contributed by atoms with Gasteiger partial charge in [0.2, 0.25) is 5.91 Å². The van der Waals surface area contributed by atoms with E-state index in [0.717, 1.165) is 30.0 Å². The van der Waals surface area contributed by atoms with E-state index in [2.05, 4.69) is 9.80 Å². The number of ether oxygens (including phenoxy) is 1. The number of nitro benzene ring substituents is 1. The van der Waals surface area contributed by atoms with Crippen molar-refractivity contribution in [2.24, 2.45) is 5.92 Å². The van der Waals surface area contributed by atoms with Crippen LogP contribution in [0.4, 0.5) is 17.1 Å². The lowest BCUT2D eigenvalue weighted by Crippen LogP contribution is -2.59. The molecule has 2 aromatic carbocycles. The number of anilines is 2. The maximum atomic E-state index is 13.6. The van der Waals surface area contributed by atoms with E-state index in [1.165, 1.54) is 0 Å². The van der Waals surface area contributed by atoms with Gasteiger partial charge in [-0.25, -0.2) is 0 Å². The number of hydrogen-bond donors (Lipinski definition) is 0. The predicted molar refractivity (Wildman–Crippen MR) is 122 cm³/mol. The van der Waals surface area contributed by atoms with Crippen molar-refractivity contribution in [2.75, 3.05) is 55.7 Å². The van der Waals surface area contributed by atoms with Crippen molar-refractivity contribution in [3.05, 3.63) is 63.2 Å². The Balaban J connectivity index is 1.34. The fourth-order valence-corrected chi connectivity index (χ4v) is 5.29. The molecule has 2 aromatic rings. The second-order valence-corrected chi connectivity index (χ2v) is 8.95. The minimum atomic E-state index is -0.377. The number of halogens is 1. The summed E-state index contributed by atoms with van der Waals surface area (Å²) in [7, 11) is 0. The first-order valence-electron chi connectivity index (χ1n) is 10.9. The predicted octanol–water partition coefficient (Wildman–Crippen LogP) is 2.97. The number of carbonyl (C=O) groups is 1. The summed E-state index contributed by atoms with van der Waals surface area (Å²) in [5, 5.41) is 12.0. The van der Waals surface area contributed by atoms with Gasteiger partial charge in [-0.3, -0.25) is 14.9 Å². The summed E-state index contributed by atoms with van der Waals surface area (Å²) in [5.41, 5.74) is 2.99. The number of amides is 1. The molecule has 3 aliphatic heterocycles. The summed E-state index contributed by atoms with van der Waals surface area (Å²) < 4.78 is 5.73. The monoisotopic (exact) mass is 456 g/mol. The van der Waals surface area contributed by atoms with Crippen molar-refractivity contribution in [3.63, 3.8) is 0 Å². The van der Waals surface area contributed by atoms with Crippen LogP contribution in [0.3, 0.4) is 0 Å². The standard InChI is InChI=1S/C23H25ClN4O4/c24-17-2-1-3-18(14-17)25-6-8-26(9-7-25)23(29)20-13-16-12-19(28(30)31)4-5-21(16)27-10-11-32-15-22(20)27/h1-5,12,14,20,22H,6-11,13,15H2/t20-,22+/m0/s1. The molecule has 3 heterocycles. The van der Waals surface area contributed by atoms with Crippen LogP contribution in [0.15, 0.2) is 42.5 Å². The third kappa shape index (κ3) is 3.89. The van der Waals surface area contributed by atoms with Gasteiger partial charge in [-0.15, -0.1) is 0 Å². The van der Waals surface area contributed by atoms with Crippen LogP contribution in [-0.2, 0) is 16.0 Å². The third-order valence-electron chi connectivity index (χ3n) is 6.73. The number of benzene rings is 2. The number of morpholine rings is 1. The Hall–Kier alpha value is -2.84. The van der Waals surface area contributed by atoms with Crippen molar-refractivity contribution < 1.29 is 14.5 Å². The van der Waals surface area contributed by atoms with Gasteiger partial charge in [0.25, 0.3) is 5.69 Å². The van der Waals surface area contributed by atoms with Crippen molar-refractivity contribution >= 4 is 34.6 Å². The molecule has 2 atom stereocenters. The lowest BCUT2D eigenvalue weighted by molar-refractivity contribution is -0.384. The van der Waals surface area contributed by atoms with Gasteiger partial charge in [-0.05, 0) is 36.2 Å². The lowest BCUT2D eigenvalue weighted by Gasteiger charge is -2.47. The quantitative estimate of drug-likeness (QED) is 0.522. The molecule has 0 aliphatic carbocycles. The van der Waals surface area contributed by atoms with Crippen LogP contribution in [0.25, 0.3) is 0 Å². The number of carbonyl (C=O) groups excluding carboxylic acids is 1. The van der Waals surface area contributed by atoms with Gasteiger partial charge in [0.05, 0.1) is 30.1 Å². The average Bonchev–Trinajstić information content (AvgIpc) is 2.83. The van der Waals surface area contributed by atoms with E-state index in [1.54, 1.807) is 12.1 Å². The van der Waals surface area contributed by atoms with E-state index >= 15 is 0 Å². The highest BCUT2D eigenvalue weighted by Gasteiger charge is 2.42. The Kier molecular flexibility index (Phi) is 5.65. The number of fused-ring (bicyclic) bond motifs is 3. The summed E-state index contributed by atoms with van der Waals surface area (Å²) >= 11 is 6.13. The molecule has 0 N–H and O–H groups in total. The smallest absolute Gasteiger partial charge is 0.269 e. The number of non-ortho nitro benzene ring substituents is 1. The topological polar surface area (TPSA) is 79.2 Å². The molecule has 168 valence electrons. The van der Waals surface area contributed by atoms with Crippen molar-refractivity contribution in [1.29, 1.82) is 0 Å². The Morgan fingerprint density at radius 3 is 2.66 bits per heavy atom. The van der Waals surface area contributed by atoms with Gasteiger partial charge < -0.3 is 19.4 Å². The zero-order chi connectivity index (χ0) is 22.2. The van der Waals surface area contributed by atoms with Crippen LogP contribution in [0, 0.1) is 16.0 Å². The average molecular weight is 457 g/mol. The van der Waals surface area contributed by atoms with E-state index in [9.17, 15) is 14.9 Å². The largest absolute Gasteiger partial charge is 0.377 e. The SMILES string of the molecule is O=C([C@H]1Cc2cc([N+](=O)[O-])ccc2N2CCOC[C@H]12)N1CCN(c2cccc(Cl)c2)CC1. The Morgan fingerprint density at radius 2 is 1.91 bits per heavy atom. The molecule has 0 spiro atoms. The van der Waals surface area contributed by atoms with E-state index < -0.39 is 0 Å². The van der Waals surface area contributed by atoms with Crippen LogP contribution in [0.2, 0.25) is 5.02 Å². The molecule has 0 saturated carbocycles. The highest BCUT2D eigenvalue weighted by Crippen LogP contribution is 2.38. The van der Waals surface area contributed by atoms with Crippen molar-refractivity contribution in [3.8, 4) is 0 Å². The zero-order valence-corrected chi connectivity index (χ0v) is 18.4. The minimum absolute atomic E-state index is 0.0452. The van der Waals surface area contributed by atoms with Crippen LogP contribution in [-0.4, -0.2) is 67.7 Å². The summed E-state index contributed by atoms with van der Waals surface area (Å²) in [4.78, 5) is 30.9. The van der Waals surface area contributed by atoms with E-state index in [4.69, 9.17) is 16.3 Å². The fourth-order valence-electron chi connectivity index (χ4n) is 5.10. The molecule has 5 rings (SSSR count). The first kappa shape index (κ1) is 21.0. The van der Waals surface area contributed by atoms with Crippen molar-refractivity contribution in [2.45, 2.75) is 12.5 Å². The molecule has 0 aromatic heterocycles. The van der Waals surface area contributed by atoms with Gasteiger partial charge in [-0.1, -0.05) is 17.7 Å². The van der Waals surface area contributed by atoms with E-state index in [0.29, 0.717) is 44.3 Å². The molecule has 2 fully saturated rings. The molecular weight excluding hydrogens is 432 g/mol. The fraction of sp³-hybridized carbons (Fsp3) is 0.435. The molecule has 8 nitrogen and oxygen atoms in total. The number of hydrogen-bond acceptors (Lipinski definition) is 6. The Bertz CT molecular complexity index is 1040. The molecular formula is C23H25ClN4O4. The maximum Gasteiger partial charge on any atom is 0.269 e. The van der Waals surface area contributed by atoms with Crippen LogP contribution < -0.4 is 9.80 Å². The number of piperazine rings is 1. The highest BCUT2D eigenvalue weighted by molar-refractivity contribution is 6.30. The maximum absolute atomic E-state index is 13.6. The molecule has 0 radical (unpaired) electrons. The van der Waals surface area contributed by atoms with E-state index in [1.807, 2.05) is 35.2 Å². The van der Waals surface area contributed by atoms with Crippen LogP contribution >= 0.6 is 11.6 Å². The second-order valence-electron chi connectivity index (χ2n) is 8.51. The lowest BCUT2D eigenvalue weighted by atomic mass is 9.83. The molecule has 32 heavy (non-hydrogen) atoms. The Labute approximate surface area is 191 Å². The normalized spacial score (nSPS) is 22.8. The molecule has 2 saturated heterocycles.